The van der Waals surface area contributed by atoms with E-state index >= 15 is 0 Å². The maximum atomic E-state index is 9.02. The molecule has 1 saturated heterocycles. The van der Waals surface area contributed by atoms with Crippen LogP contribution in [0.5, 0.6) is 0 Å². The number of nitrogens with zero attached hydrogens (tertiary/aromatic N) is 3. The number of hydrogen-bond donors (Lipinski definition) is 0. The highest BCUT2D eigenvalue weighted by Gasteiger charge is 2.20. The van der Waals surface area contributed by atoms with E-state index in [9.17, 15) is 0 Å². The maximum Gasteiger partial charge on any atom is 0.162 e. The lowest BCUT2D eigenvalue weighted by molar-refractivity contribution is 0.0217. The van der Waals surface area contributed by atoms with Gasteiger partial charge in [-0.05, 0) is 30.8 Å². The summed E-state index contributed by atoms with van der Waals surface area (Å²) in [5.74, 6) is 0. The normalized spacial score (nSPS) is 19.9. The van der Waals surface area contributed by atoms with E-state index in [-0.39, 0.29) is 6.10 Å². The van der Waals surface area contributed by atoms with Gasteiger partial charge in [0.05, 0.1) is 6.10 Å². The molecule has 0 amide bonds. The van der Waals surface area contributed by atoms with Gasteiger partial charge < -0.3 is 9.64 Å². The Bertz CT molecular complexity index is 423. The molecule has 17 heavy (non-hydrogen) atoms. The number of nitriles is 1. The van der Waals surface area contributed by atoms with E-state index in [1.54, 1.807) is 0 Å². The van der Waals surface area contributed by atoms with Crippen molar-refractivity contribution in [2.45, 2.75) is 25.4 Å². The van der Waals surface area contributed by atoms with Gasteiger partial charge in [0.25, 0.3) is 0 Å². The molecule has 92 valence electrons. The summed E-state index contributed by atoms with van der Waals surface area (Å²) in [6.45, 7) is 1.63. The average molecular weight is 272 g/mol. The van der Waals surface area contributed by atoms with E-state index < -0.39 is 0 Å². The number of hydrogen-bond acceptors (Lipinski definition) is 5. The third-order valence-electron chi connectivity index (χ3n) is 2.84. The molecule has 4 nitrogen and oxygen atoms in total. The fourth-order valence-corrected chi connectivity index (χ4v) is 2.95. The number of anilines is 1. The summed E-state index contributed by atoms with van der Waals surface area (Å²) in [4.78, 5) is 2.01. The Morgan fingerprint density at radius 2 is 2.47 bits per heavy atom. The van der Waals surface area contributed by atoms with Gasteiger partial charge >= 0.3 is 0 Å². The fourth-order valence-electron chi connectivity index (χ4n) is 1.96. The van der Waals surface area contributed by atoms with Gasteiger partial charge in [-0.3, -0.25) is 0 Å². The lowest BCUT2D eigenvalue weighted by atomic mass is 10.1. The van der Waals surface area contributed by atoms with Crippen molar-refractivity contribution in [2.75, 3.05) is 25.1 Å². The van der Waals surface area contributed by atoms with Crippen molar-refractivity contribution >= 4 is 28.1 Å². The summed E-state index contributed by atoms with van der Waals surface area (Å²) in [7, 11) is 1.95. The molecule has 1 aromatic rings. The predicted octanol–water partition coefficient (Wildman–Crippen LogP) is 2.67. The summed E-state index contributed by atoms with van der Waals surface area (Å²) in [5, 5.41) is 10.1. The van der Waals surface area contributed by atoms with E-state index in [0.717, 1.165) is 31.0 Å². The molecule has 0 N–H and O–H groups in total. The Balaban J connectivity index is 2.03. The summed E-state index contributed by atoms with van der Waals surface area (Å²) in [5.41, 5.74) is 0.468. The largest absolute Gasteiger partial charge is 0.376 e. The minimum absolute atomic E-state index is 0.251. The molecule has 2 rings (SSSR count). The first-order chi connectivity index (χ1) is 8.22. The van der Waals surface area contributed by atoms with Crippen LogP contribution in [0.3, 0.4) is 0 Å². The number of halogens is 1. The second-order valence-electron chi connectivity index (χ2n) is 4.13. The van der Waals surface area contributed by atoms with Gasteiger partial charge in [0.1, 0.15) is 16.6 Å². The second kappa shape index (κ2) is 5.67. The Kier molecular flexibility index (Phi) is 4.21. The molecule has 0 saturated carbocycles. The molecule has 2 heterocycles. The van der Waals surface area contributed by atoms with Crippen LogP contribution >= 0.6 is 23.1 Å². The zero-order chi connectivity index (χ0) is 12.3. The fraction of sp³-hybridized carbons (Fsp3) is 0.636. The monoisotopic (exact) mass is 271 g/mol. The molecule has 1 aliphatic heterocycles. The predicted molar refractivity (Wildman–Crippen MR) is 68.7 cm³/mol. The molecule has 0 aromatic carbocycles. The van der Waals surface area contributed by atoms with Crippen LogP contribution < -0.4 is 4.90 Å². The second-order valence-corrected chi connectivity index (χ2v) is 5.24. The van der Waals surface area contributed by atoms with Crippen LogP contribution in [0.4, 0.5) is 5.00 Å². The van der Waals surface area contributed by atoms with Gasteiger partial charge in [0, 0.05) is 20.2 Å². The van der Waals surface area contributed by atoms with Crippen molar-refractivity contribution in [1.29, 1.82) is 5.26 Å². The van der Waals surface area contributed by atoms with E-state index in [2.05, 4.69) is 10.4 Å². The first-order valence-corrected chi connectivity index (χ1v) is 6.75. The van der Waals surface area contributed by atoms with Crippen LogP contribution in [-0.2, 0) is 4.74 Å². The van der Waals surface area contributed by atoms with Crippen LogP contribution in [0, 0.1) is 11.3 Å². The van der Waals surface area contributed by atoms with E-state index in [0.29, 0.717) is 10.7 Å². The molecule has 0 spiro atoms. The van der Waals surface area contributed by atoms with Gasteiger partial charge in [0.15, 0.2) is 5.15 Å². The molecule has 0 aliphatic carbocycles. The molecule has 0 bridgehead atoms. The summed E-state index contributed by atoms with van der Waals surface area (Å²) in [6.07, 6.45) is 3.70. The van der Waals surface area contributed by atoms with Gasteiger partial charge in [-0.25, -0.2) is 0 Å². The highest BCUT2D eigenvalue weighted by molar-refractivity contribution is 7.10. The number of ether oxygens (including phenoxy) is 1. The molecule has 1 atom stereocenters. The quantitative estimate of drug-likeness (QED) is 0.848. The lowest BCUT2D eigenvalue weighted by Gasteiger charge is -2.27. The van der Waals surface area contributed by atoms with Gasteiger partial charge in [-0.15, -0.1) is 0 Å². The lowest BCUT2D eigenvalue weighted by Crippen LogP contribution is -2.33. The topological polar surface area (TPSA) is 49.1 Å². The van der Waals surface area contributed by atoms with E-state index in [1.807, 2.05) is 11.9 Å². The Hall–Kier alpha value is -0.830. The highest BCUT2D eigenvalue weighted by Crippen LogP contribution is 2.31. The van der Waals surface area contributed by atoms with Crippen molar-refractivity contribution in [3.8, 4) is 6.07 Å². The smallest absolute Gasteiger partial charge is 0.162 e. The van der Waals surface area contributed by atoms with Crippen LogP contribution in [0.1, 0.15) is 24.8 Å². The minimum atomic E-state index is 0.251. The van der Waals surface area contributed by atoms with Gasteiger partial charge in [0.2, 0.25) is 0 Å². The van der Waals surface area contributed by atoms with Gasteiger partial charge in [-0.1, -0.05) is 11.6 Å². The Morgan fingerprint density at radius 3 is 3.12 bits per heavy atom. The third-order valence-corrected chi connectivity index (χ3v) is 4.18. The average Bonchev–Trinajstić information content (AvgIpc) is 2.71. The molecule has 1 aliphatic rings. The summed E-state index contributed by atoms with van der Waals surface area (Å²) < 4.78 is 9.68. The maximum absolute atomic E-state index is 9.02. The molecular weight excluding hydrogens is 258 g/mol. The molecule has 6 heteroatoms. The number of rotatable bonds is 3. The van der Waals surface area contributed by atoms with Crippen molar-refractivity contribution < 1.29 is 4.74 Å². The minimum Gasteiger partial charge on any atom is -0.376 e. The zero-order valence-corrected chi connectivity index (χ0v) is 11.2. The van der Waals surface area contributed by atoms with Crippen LogP contribution in [-0.4, -0.2) is 30.7 Å². The molecule has 1 fully saturated rings. The summed E-state index contributed by atoms with van der Waals surface area (Å²) >= 11 is 7.11. The molecule has 1 aromatic heterocycles. The highest BCUT2D eigenvalue weighted by atomic mass is 35.5. The third kappa shape index (κ3) is 2.89. The van der Waals surface area contributed by atoms with Crippen molar-refractivity contribution in [3.63, 3.8) is 0 Å². The van der Waals surface area contributed by atoms with Crippen LogP contribution in [0.15, 0.2) is 0 Å². The Labute approximate surface area is 110 Å². The first-order valence-electron chi connectivity index (χ1n) is 5.60. The zero-order valence-electron chi connectivity index (χ0n) is 9.65. The van der Waals surface area contributed by atoms with Crippen LogP contribution in [0.2, 0.25) is 5.15 Å². The first kappa shape index (κ1) is 12.6. The SMILES string of the molecule is CN(CC1CCCCO1)c1snc(Cl)c1C#N. The van der Waals surface area contributed by atoms with Crippen molar-refractivity contribution in [3.05, 3.63) is 10.7 Å². The molecular formula is C11H14ClN3OS. The molecule has 0 radical (unpaired) electrons. The Morgan fingerprint density at radius 1 is 1.65 bits per heavy atom. The summed E-state index contributed by atoms with van der Waals surface area (Å²) in [6, 6.07) is 2.10. The van der Waals surface area contributed by atoms with Crippen molar-refractivity contribution in [1.82, 2.24) is 4.37 Å². The van der Waals surface area contributed by atoms with E-state index in [4.69, 9.17) is 21.6 Å². The standard InChI is InChI=1S/C11H14ClN3OS/c1-15(7-8-4-2-3-5-16-8)11-9(6-13)10(12)14-17-11/h8H,2-5,7H2,1H3. The molecule has 1 unspecified atom stereocenters. The van der Waals surface area contributed by atoms with Gasteiger partial charge in [-0.2, -0.15) is 9.64 Å². The number of likely N-dealkylation sites (N-methyl/N-ethyl adjacent to an activating group) is 1. The van der Waals surface area contributed by atoms with E-state index in [1.165, 1.54) is 18.0 Å². The number of aromatic nitrogens is 1. The van der Waals surface area contributed by atoms with Crippen LogP contribution in [0.25, 0.3) is 0 Å². The van der Waals surface area contributed by atoms with Crippen molar-refractivity contribution in [2.24, 2.45) is 0 Å².